The number of carbonyl (C=O) groups is 1. The highest BCUT2D eigenvalue weighted by Gasteiger charge is 2.15. The Labute approximate surface area is 133 Å². The van der Waals surface area contributed by atoms with Gasteiger partial charge in [-0.2, -0.15) is 0 Å². The van der Waals surface area contributed by atoms with E-state index in [2.05, 4.69) is 17.2 Å². The van der Waals surface area contributed by atoms with Crippen molar-refractivity contribution in [3.05, 3.63) is 38.9 Å². The highest BCUT2D eigenvalue weighted by atomic mass is 35.5. The summed E-state index contributed by atoms with van der Waals surface area (Å²) in [5.74, 6) is 5.55. The van der Waals surface area contributed by atoms with E-state index >= 15 is 0 Å². The summed E-state index contributed by atoms with van der Waals surface area (Å²) in [6.45, 7) is 5.64. The monoisotopic (exact) mass is 324 g/mol. The Morgan fingerprint density at radius 3 is 2.73 bits per heavy atom. The fourth-order valence-electron chi connectivity index (χ4n) is 1.42. The number of amides is 1. The van der Waals surface area contributed by atoms with Crippen molar-refractivity contribution >= 4 is 23.4 Å². The fraction of sp³-hybridized carbons (Fsp3) is 0.400. The highest BCUT2D eigenvalue weighted by molar-refractivity contribution is 6.31. The second kappa shape index (κ2) is 7.66. The molecular weight excluding hydrogens is 308 g/mol. The number of alkyl carbamates (subject to hydrolysis) is 1. The fourth-order valence-corrected chi connectivity index (χ4v) is 1.59. The summed E-state index contributed by atoms with van der Waals surface area (Å²) in [6, 6.07) is 4.07. The van der Waals surface area contributed by atoms with Gasteiger partial charge in [-0.1, -0.05) is 23.4 Å². The molecule has 0 radical (unpaired) electrons. The van der Waals surface area contributed by atoms with Crippen LogP contribution in [-0.2, 0) is 4.74 Å². The molecule has 1 aromatic rings. The third kappa shape index (κ3) is 6.46. The van der Waals surface area contributed by atoms with Gasteiger partial charge in [0.25, 0.3) is 5.69 Å². The zero-order valence-electron chi connectivity index (χ0n) is 12.6. The lowest BCUT2D eigenvalue weighted by atomic mass is 10.2. The first-order valence-corrected chi connectivity index (χ1v) is 6.96. The van der Waals surface area contributed by atoms with E-state index in [-0.39, 0.29) is 5.69 Å². The number of halogens is 1. The Balaban J connectivity index is 2.53. The molecule has 7 heteroatoms. The predicted octanol–water partition coefficient (Wildman–Crippen LogP) is 3.51. The highest BCUT2D eigenvalue weighted by Crippen LogP contribution is 2.21. The first-order valence-electron chi connectivity index (χ1n) is 6.59. The van der Waals surface area contributed by atoms with Gasteiger partial charge in [0.05, 0.1) is 9.95 Å². The van der Waals surface area contributed by atoms with Crippen LogP contribution in [0.4, 0.5) is 10.5 Å². The summed E-state index contributed by atoms with van der Waals surface area (Å²) >= 11 is 5.92. The van der Waals surface area contributed by atoms with E-state index in [9.17, 15) is 14.9 Å². The Hall–Kier alpha value is -2.26. The number of rotatable bonds is 3. The molecule has 0 aliphatic carbocycles. The molecular formula is C15H17ClN2O4. The largest absolute Gasteiger partial charge is 0.444 e. The van der Waals surface area contributed by atoms with Gasteiger partial charge in [0.2, 0.25) is 0 Å². The zero-order valence-corrected chi connectivity index (χ0v) is 13.4. The summed E-state index contributed by atoms with van der Waals surface area (Å²) < 4.78 is 5.07. The lowest BCUT2D eigenvalue weighted by Crippen LogP contribution is -2.32. The molecule has 0 atom stereocenters. The minimum Gasteiger partial charge on any atom is -0.444 e. The van der Waals surface area contributed by atoms with Crippen LogP contribution >= 0.6 is 11.6 Å². The summed E-state index contributed by atoms with van der Waals surface area (Å²) in [6.07, 6.45) is -0.138. The first kappa shape index (κ1) is 17.8. The van der Waals surface area contributed by atoms with Crippen LogP contribution in [0.5, 0.6) is 0 Å². The smallest absolute Gasteiger partial charge is 0.407 e. The quantitative estimate of drug-likeness (QED) is 0.399. The minimum absolute atomic E-state index is 0.0689. The topological polar surface area (TPSA) is 81.5 Å². The molecule has 1 aromatic carbocycles. The summed E-state index contributed by atoms with van der Waals surface area (Å²) in [4.78, 5) is 21.6. The van der Waals surface area contributed by atoms with Crippen LogP contribution in [0.3, 0.4) is 0 Å². The van der Waals surface area contributed by atoms with Gasteiger partial charge in [-0.15, -0.1) is 0 Å². The minimum atomic E-state index is -0.549. The average Bonchev–Trinajstić information content (AvgIpc) is 2.37. The van der Waals surface area contributed by atoms with Crippen molar-refractivity contribution in [2.24, 2.45) is 0 Å². The molecule has 0 saturated heterocycles. The molecule has 6 nitrogen and oxygen atoms in total. The first-order chi connectivity index (χ1) is 10.2. The third-order valence-electron chi connectivity index (χ3n) is 2.30. The van der Waals surface area contributed by atoms with Gasteiger partial charge in [-0.3, -0.25) is 10.1 Å². The molecule has 1 N–H and O–H groups in total. The van der Waals surface area contributed by atoms with E-state index in [1.54, 1.807) is 20.8 Å². The van der Waals surface area contributed by atoms with Crippen LogP contribution in [0.15, 0.2) is 18.2 Å². The van der Waals surface area contributed by atoms with Crippen LogP contribution in [0.25, 0.3) is 0 Å². The second-order valence-electron chi connectivity index (χ2n) is 5.40. The number of nitrogens with one attached hydrogen (secondary N) is 1. The lowest BCUT2D eigenvalue weighted by Gasteiger charge is -2.19. The second-order valence-corrected chi connectivity index (χ2v) is 5.81. The molecule has 22 heavy (non-hydrogen) atoms. The number of ether oxygens (including phenoxy) is 1. The molecule has 0 aliphatic rings. The van der Waals surface area contributed by atoms with Gasteiger partial charge in [0.15, 0.2) is 0 Å². The maximum Gasteiger partial charge on any atom is 0.407 e. The van der Waals surface area contributed by atoms with E-state index < -0.39 is 16.6 Å². The Morgan fingerprint density at radius 1 is 1.45 bits per heavy atom. The zero-order chi connectivity index (χ0) is 16.8. The standard InChI is InChI=1S/C15H17ClN2O4/c1-15(2,3)22-14(19)17-9-5-4-6-11-10-12(18(20)21)7-8-13(11)16/h7-8,10H,5,9H2,1-3H3,(H,17,19). The van der Waals surface area contributed by atoms with Crippen molar-refractivity contribution in [3.63, 3.8) is 0 Å². The maximum atomic E-state index is 11.4. The Bertz CT molecular complexity index is 627. The normalized spacial score (nSPS) is 10.4. The molecule has 0 aliphatic heterocycles. The summed E-state index contributed by atoms with van der Waals surface area (Å²) in [7, 11) is 0. The van der Waals surface area contributed by atoms with Crippen molar-refractivity contribution < 1.29 is 14.5 Å². The van der Waals surface area contributed by atoms with E-state index in [1.807, 2.05) is 0 Å². The van der Waals surface area contributed by atoms with E-state index in [1.165, 1.54) is 18.2 Å². The van der Waals surface area contributed by atoms with Gasteiger partial charge in [0, 0.05) is 30.7 Å². The van der Waals surface area contributed by atoms with Crippen LogP contribution < -0.4 is 5.32 Å². The molecule has 0 heterocycles. The number of non-ortho nitro benzene ring substituents is 1. The molecule has 118 valence electrons. The van der Waals surface area contributed by atoms with Crippen molar-refractivity contribution in [1.82, 2.24) is 5.32 Å². The van der Waals surface area contributed by atoms with Gasteiger partial charge >= 0.3 is 6.09 Å². The number of benzene rings is 1. The van der Waals surface area contributed by atoms with E-state index in [0.717, 1.165) is 0 Å². The number of nitro groups is 1. The predicted molar refractivity (Wildman–Crippen MR) is 83.8 cm³/mol. The van der Waals surface area contributed by atoms with Crippen LogP contribution in [-0.4, -0.2) is 23.2 Å². The number of hydrogen-bond acceptors (Lipinski definition) is 4. The molecule has 0 aromatic heterocycles. The average molecular weight is 325 g/mol. The lowest BCUT2D eigenvalue weighted by molar-refractivity contribution is -0.384. The molecule has 0 fully saturated rings. The molecule has 1 rings (SSSR count). The molecule has 0 bridgehead atoms. The van der Waals surface area contributed by atoms with Crippen molar-refractivity contribution in [2.45, 2.75) is 32.8 Å². The molecule has 0 unspecified atom stereocenters. The molecule has 0 saturated carbocycles. The van der Waals surface area contributed by atoms with E-state index in [0.29, 0.717) is 23.6 Å². The van der Waals surface area contributed by atoms with Gasteiger partial charge in [-0.25, -0.2) is 4.79 Å². The number of carbonyl (C=O) groups excluding carboxylic acids is 1. The molecule has 1 amide bonds. The van der Waals surface area contributed by atoms with Gasteiger partial charge < -0.3 is 10.1 Å². The van der Waals surface area contributed by atoms with E-state index in [4.69, 9.17) is 16.3 Å². The number of hydrogen-bond donors (Lipinski definition) is 1. The SMILES string of the molecule is CC(C)(C)OC(=O)NCCC#Cc1cc([N+](=O)[O-])ccc1Cl. The summed E-state index contributed by atoms with van der Waals surface area (Å²) in [5.41, 5.74) is -0.236. The van der Waals surface area contributed by atoms with Gasteiger partial charge in [0.1, 0.15) is 5.60 Å². The number of nitro benzene ring substituents is 1. The summed E-state index contributed by atoms with van der Waals surface area (Å²) in [5, 5.41) is 13.6. The Kier molecular flexibility index (Phi) is 6.20. The van der Waals surface area contributed by atoms with Crippen LogP contribution in [0, 0.1) is 22.0 Å². The van der Waals surface area contributed by atoms with Crippen molar-refractivity contribution in [2.75, 3.05) is 6.54 Å². The van der Waals surface area contributed by atoms with Crippen LogP contribution in [0.1, 0.15) is 32.8 Å². The van der Waals surface area contributed by atoms with Crippen molar-refractivity contribution in [1.29, 1.82) is 0 Å². The van der Waals surface area contributed by atoms with Crippen molar-refractivity contribution in [3.8, 4) is 11.8 Å². The van der Waals surface area contributed by atoms with Gasteiger partial charge in [-0.05, 0) is 26.8 Å². The third-order valence-corrected chi connectivity index (χ3v) is 2.63. The maximum absolute atomic E-state index is 11.4. The van der Waals surface area contributed by atoms with Crippen LogP contribution in [0.2, 0.25) is 5.02 Å². The molecule has 0 spiro atoms. The Morgan fingerprint density at radius 2 is 2.14 bits per heavy atom. The number of nitrogens with zero attached hydrogens (tertiary/aromatic N) is 1.